The van der Waals surface area contributed by atoms with Crippen molar-refractivity contribution < 1.29 is 22.8 Å². The second-order valence-corrected chi connectivity index (χ2v) is 11.0. The van der Waals surface area contributed by atoms with Gasteiger partial charge in [0, 0.05) is 31.0 Å². The number of pyridine rings is 1. The summed E-state index contributed by atoms with van der Waals surface area (Å²) in [5.41, 5.74) is 3.58. The molecule has 9 heteroatoms. The smallest absolute Gasteiger partial charge is 0.349 e. The molecule has 0 bridgehead atoms. The van der Waals surface area contributed by atoms with Crippen molar-refractivity contribution in [2.75, 3.05) is 26.2 Å². The van der Waals surface area contributed by atoms with E-state index >= 15 is 0 Å². The minimum Gasteiger partial charge on any atom is -0.349 e. The number of likely N-dealkylation sites (tertiary alicyclic amines) is 1. The fraction of sp³-hybridized carbons (Fsp3) is 0.406. The number of piperidine rings is 1. The number of nitrogens with zero attached hydrogens (tertiary/aromatic N) is 2. The van der Waals surface area contributed by atoms with Crippen molar-refractivity contribution in [1.29, 1.82) is 0 Å². The van der Waals surface area contributed by atoms with Gasteiger partial charge in [-0.2, -0.15) is 13.2 Å². The molecule has 0 radical (unpaired) electrons. The molecular formula is C32H35F3N4O2. The Kier molecular flexibility index (Phi) is 8.45. The van der Waals surface area contributed by atoms with Gasteiger partial charge in [-0.25, -0.2) is 0 Å². The van der Waals surface area contributed by atoms with E-state index in [1.165, 1.54) is 0 Å². The maximum atomic E-state index is 13.6. The summed E-state index contributed by atoms with van der Waals surface area (Å²) in [6.07, 6.45) is 0.699. The van der Waals surface area contributed by atoms with Crippen LogP contribution in [0.5, 0.6) is 0 Å². The van der Waals surface area contributed by atoms with Crippen LogP contribution in [0, 0.1) is 6.92 Å². The maximum Gasteiger partial charge on any atom is 0.405 e. The van der Waals surface area contributed by atoms with Gasteiger partial charge in [-0.3, -0.25) is 14.6 Å². The van der Waals surface area contributed by atoms with Crippen LogP contribution in [0.25, 0.3) is 11.1 Å². The first-order chi connectivity index (χ1) is 19.7. The highest BCUT2D eigenvalue weighted by atomic mass is 19.4. The number of unbranched alkanes of at least 4 members (excludes halogenated alkanes) is 1. The summed E-state index contributed by atoms with van der Waals surface area (Å²) in [7, 11) is 0. The summed E-state index contributed by atoms with van der Waals surface area (Å²) < 4.78 is 39.3. The number of benzene rings is 2. The van der Waals surface area contributed by atoms with E-state index in [0.717, 1.165) is 66.8 Å². The van der Waals surface area contributed by atoms with Crippen LogP contribution in [0.2, 0.25) is 0 Å². The largest absolute Gasteiger partial charge is 0.405 e. The van der Waals surface area contributed by atoms with Crippen LogP contribution in [-0.2, 0) is 10.2 Å². The summed E-state index contributed by atoms with van der Waals surface area (Å²) in [6, 6.07) is 18.8. The number of carbonyl (C=O) groups excluding carboxylic acids is 2. The van der Waals surface area contributed by atoms with E-state index in [1.807, 2.05) is 61.5 Å². The minimum absolute atomic E-state index is 0.104. The summed E-state index contributed by atoms with van der Waals surface area (Å²) in [5, 5.41) is 5.31. The van der Waals surface area contributed by atoms with Crippen molar-refractivity contribution >= 4 is 11.8 Å². The monoisotopic (exact) mass is 564 g/mol. The zero-order valence-corrected chi connectivity index (χ0v) is 23.1. The van der Waals surface area contributed by atoms with Crippen molar-refractivity contribution in [3.8, 4) is 11.1 Å². The van der Waals surface area contributed by atoms with Crippen molar-refractivity contribution in [3.05, 3.63) is 89.2 Å². The molecule has 0 saturated carbocycles. The number of hydrogen-bond donors (Lipinski definition) is 2. The Morgan fingerprint density at radius 2 is 1.59 bits per heavy atom. The second kappa shape index (κ2) is 12.0. The van der Waals surface area contributed by atoms with E-state index < -0.39 is 24.0 Å². The molecule has 0 spiro atoms. The molecule has 2 amide bonds. The molecule has 0 atom stereocenters. The number of rotatable bonds is 9. The average molecular weight is 565 g/mol. The predicted octanol–water partition coefficient (Wildman–Crippen LogP) is 5.40. The van der Waals surface area contributed by atoms with Crippen molar-refractivity contribution in [1.82, 2.24) is 20.5 Å². The number of carbonyl (C=O) groups is 2. The molecule has 6 nitrogen and oxygen atoms in total. The fourth-order valence-corrected chi connectivity index (χ4v) is 6.18. The third kappa shape index (κ3) is 6.30. The van der Waals surface area contributed by atoms with Crippen molar-refractivity contribution in [2.45, 2.75) is 56.7 Å². The van der Waals surface area contributed by atoms with Crippen LogP contribution in [0.15, 0.2) is 66.9 Å². The molecule has 1 saturated heterocycles. The molecule has 2 aromatic carbocycles. The van der Waals surface area contributed by atoms with E-state index in [4.69, 9.17) is 0 Å². The zero-order chi connectivity index (χ0) is 29.0. The number of nitrogens with one attached hydrogen (secondary N) is 2. The highest BCUT2D eigenvalue weighted by Gasteiger charge is 2.49. The summed E-state index contributed by atoms with van der Waals surface area (Å²) in [6.45, 7) is 3.04. The van der Waals surface area contributed by atoms with Gasteiger partial charge in [-0.1, -0.05) is 55.0 Å². The molecule has 216 valence electrons. The predicted molar refractivity (Wildman–Crippen MR) is 151 cm³/mol. The van der Waals surface area contributed by atoms with Gasteiger partial charge in [0.05, 0.1) is 5.56 Å². The lowest BCUT2D eigenvalue weighted by Gasteiger charge is -2.33. The molecule has 0 unspecified atom stereocenters. The lowest BCUT2D eigenvalue weighted by molar-refractivity contribution is -0.141. The highest BCUT2D eigenvalue weighted by molar-refractivity contribution is 6.00. The molecular weight excluding hydrogens is 529 g/mol. The van der Waals surface area contributed by atoms with E-state index in [1.54, 1.807) is 12.3 Å². The first kappa shape index (κ1) is 28.8. The first-order valence-corrected chi connectivity index (χ1v) is 14.2. The summed E-state index contributed by atoms with van der Waals surface area (Å²) in [5.74, 6) is -0.713. The van der Waals surface area contributed by atoms with Crippen LogP contribution in [0.1, 0.15) is 59.3 Å². The third-order valence-electron chi connectivity index (χ3n) is 8.27. The van der Waals surface area contributed by atoms with Crippen LogP contribution < -0.4 is 10.6 Å². The topological polar surface area (TPSA) is 74.3 Å². The molecule has 2 heterocycles. The molecule has 2 aliphatic rings. The molecule has 3 aromatic rings. The fourth-order valence-electron chi connectivity index (χ4n) is 6.18. The Hall–Kier alpha value is -3.72. The number of halogens is 3. The van der Waals surface area contributed by atoms with Crippen LogP contribution >= 0.6 is 0 Å². The normalized spacial score (nSPS) is 16.6. The lowest BCUT2D eigenvalue weighted by Crippen LogP contribution is -2.47. The van der Waals surface area contributed by atoms with Crippen LogP contribution in [0.3, 0.4) is 0 Å². The molecule has 1 aliphatic heterocycles. The quantitative estimate of drug-likeness (QED) is 0.342. The molecule has 1 aliphatic carbocycles. The molecule has 1 aromatic heterocycles. The highest BCUT2D eigenvalue weighted by Crippen LogP contribution is 2.51. The molecule has 5 rings (SSSR count). The van der Waals surface area contributed by atoms with Gasteiger partial charge in [0.1, 0.15) is 12.0 Å². The van der Waals surface area contributed by atoms with Crippen LogP contribution in [-0.4, -0.2) is 60.1 Å². The van der Waals surface area contributed by atoms with Gasteiger partial charge in [0.2, 0.25) is 5.91 Å². The molecule has 2 N–H and O–H groups in total. The van der Waals surface area contributed by atoms with E-state index in [2.05, 4.69) is 20.5 Å². The standard InChI is InChI=1S/C32H35F3N4O2/c1-22-12-13-23(20-36-22)29(40)38-24-14-18-39(19-15-24)17-7-6-16-31(30(41)37-21-32(33,34)35)27-10-4-2-8-25(27)26-9-3-5-11-28(26)31/h2-5,8-13,20,24H,6-7,14-19,21H2,1H3,(H,37,41)(H,38,40). The average Bonchev–Trinajstić information content (AvgIpc) is 3.25. The Bertz CT molecular complexity index is 1340. The van der Waals surface area contributed by atoms with Crippen molar-refractivity contribution in [3.63, 3.8) is 0 Å². The zero-order valence-electron chi connectivity index (χ0n) is 23.1. The number of amides is 2. The van der Waals surface area contributed by atoms with Crippen LogP contribution in [0.4, 0.5) is 13.2 Å². The number of hydrogen-bond acceptors (Lipinski definition) is 4. The number of aromatic nitrogens is 1. The van der Waals surface area contributed by atoms with Gasteiger partial charge in [0.25, 0.3) is 5.91 Å². The Balaban J connectivity index is 1.20. The Morgan fingerprint density at radius 3 is 2.17 bits per heavy atom. The Labute approximate surface area is 238 Å². The minimum atomic E-state index is -4.49. The summed E-state index contributed by atoms with van der Waals surface area (Å²) >= 11 is 0. The SMILES string of the molecule is Cc1ccc(C(=O)NC2CCN(CCCCC3(C(=O)NCC(F)(F)F)c4ccccc4-c4ccccc43)CC2)cn1. The van der Waals surface area contributed by atoms with Crippen molar-refractivity contribution in [2.24, 2.45) is 0 Å². The van der Waals surface area contributed by atoms with E-state index in [-0.39, 0.29) is 11.9 Å². The number of aryl methyl sites for hydroxylation is 1. The first-order valence-electron chi connectivity index (χ1n) is 14.2. The van der Waals surface area contributed by atoms with Gasteiger partial charge in [-0.15, -0.1) is 0 Å². The molecule has 1 fully saturated rings. The maximum absolute atomic E-state index is 13.6. The van der Waals surface area contributed by atoms with Gasteiger partial charge in [-0.05, 0) is 73.5 Å². The number of fused-ring (bicyclic) bond motifs is 3. The second-order valence-electron chi connectivity index (χ2n) is 11.0. The Morgan fingerprint density at radius 1 is 0.951 bits per heavy atom. The molecule has 41 heavy (non-hydrogen) atoms. The van der Waals surface area contributed by atoms with E-state index in [0.29, 0.717) is 18.4 Å². The number of alkyl halides is 3. The van der Waals surface area contributed by atoms with Gasteiger partial charge < -0.3 is 15.5 Å². The van der Waals surface area contributed by atoms with Gasteiger partial charge in [0.15, 0.2) is 0 Å². The van der Waals surface area contributed by atoms with E-state index in [9.17, 15) is 22.8 Å². The third-order valence-corrected chi connectivity index (χ3v) is 8.27. The van der Waals surface area contributed by atoms with Gasteiger partial charge >= 0.3 is 6.18 Å². The lowest BCUT2D eigenvalue weighted by atomic mass is 9.73. The summed E-state index contributed by atoms with van der Waals surface area (Å²) in [4.78, 5) is 32.7.